The fourth-order valence-corrected chi connectivity index (χ4v) is 2.73. The highest BCUT2D eigenvalue weighted by Crippen LogP contribution is 2.40. The molecule has 1 aromatic rings. The third kappa shape index (κ3) is 3.30. The topological polar surface area (TPSA) is 29.3 Å². The molecule has 0 spiro atoms. The summed E-state index contributed by atoms with van der Waals surface area (Å²) in [6, 6.07) is 6.79. The molecule has 1 aliphatic carbocycles. The van der Waals surface area contributed by atoms with Gasteiger partial charge in [-0.3, -0.25) is 0 Å². The predicted octanol–water partition coefficient (Wildman–Crippen LogP) is 2.43. The molecule has 0 radical (unpaired) electrons. The Morgan fingerprint density at radius 3 is 2.44 bits per heavy atom. The lowest BCUT2D eigenvalue weighted by Crippen LogP contribution is -2.46. The van der Waals surface area contributed by atoms with Crippen LogP contribution in [-0.4, -0.2) is 31.6 Å². The van der Waals surface area contributed by atoms with Gasteiger partial charge in [0.2, 0.25) is 0 Å². The lowest BCUT2D eigenvalue weighted by atomic mass is 9.68. The minimum atomic E-state index is -0.163. The van der Waals surface area contributed by atoms with Gasteiger partial charge in [-0.2, -0.15) is 0 Å². The molecule has 2 nitrogen and oxygen atoms in total. The number of halogens is 1. The van der Waals surface area contributed by atoms with Gasteiger partial charge in [0.05, 0.1) is 0 Å². The normalized spacial score (nSPS) is 17.8. The van der Waals surface area contributed by atoms with Crippen molar-refractivity contribution in [2.75, 3.05) is 26.7 Å². The van der Waals surface area contributed by atoms with Crippen molar-refractivity contribution in [2.45, 2.75) is 25.7 Å². The van der Waals surface area contributed by atoms with Crippen LogP contribution >= 0.6 is 0 Å². The smallest absolute Gasteiger partial charge is 0.123 e. The molecular formula is C15H23FN2. The number of likely N-dealkylation sites (N-methyl/N-ethyl adjacent to an activating group) is 1. The lowest BCUT2D eigenvalue weighted by Gasteiger charge is -2.43. The Kier molecular flexibility index (Phi) is 4.36. The largest absolute Gasteiger partial charge is 0.330 e. The van der Waals surface area contributed by atoms with Gasteiger partial charge in [-0.1, -0.05) is 18.6 Å². The average molecular weight is 250 g/mol. The van der Waals surface area contributed by atoms with Crippen LogP contribution in [0.5, 0.6) is 0 Å². The minimum Gasteiger partial charge on any atom is -0.330 e. The van der Waals surface area contributed by atoms with Crippen LogP contribution in [0.1, 0.15) is 24.8 Å². The van der Waals surface area contributed by atoms with E-state index in [1.54, 1.807) is 0 Å². The Labute approximate surface area is 109 Å². The summed E-state index contributed by atoms with van der Waals surface area (Å²) in [4.78, 5) is 2.36. The summed E-state index contributed by atoms with van der Waals surface area (Å²) in [5, 5.41) is 0. The standard InChI is InChI=1S/C15H23FN2/c1-18(12-15(11-17)8-2-9-15)10-7-13-3-5-14(16)6-4-13/h3-6H,2,7-12,17H2,1H3. The van der Waals surface area contributed by atoms with Crippen LogP contribution in [0.4, 0.5) is 4.39 Å². The van der Waals surface area contributed by atoms with Crippen LogP contribution in [0.15, 0.2) is 24.3 Å². The summed E-state index contributed by atoms with van der Waals surface area (Å²) in [5.41, 5.74) is 7.44. The quantitative estimate of drug-likeness (QED) is 0.840. The number of hydrogen-bond donors (Lipinski definition) is 1. The number of nitrogens with two attached hydrogens (primary N) is 1. The zero-order valence-corrected chi connectivity index (χ0v) is 11.2. The third-order valence-electron chi connectivity index (χ3n) is 4.15. The lowest BCUT2D eigenvalue weighted by molar-refractivity contribution is 0.0882. The second kappa shape index (κ2) is 5.81. The maximum atomic E-state index is 12.8. The van der Waals surface area contributed by atoms with Gasteiger partial charge < -0.3 is 10.6 Å². The minimum absolute atomic E-state index is 0.163. The van der Waals surface area contributed by atoms with Crippen molar-refractivity contribution in [2.24, 2.45) is 11.1 Å². The van der Waals surface area contributed by atoms with Crippen molar-refractivity contribution in [1.29, 1.82) is 0 Å². The molecule has 0 saturated heterocycles. The number of benzene rings is 1. The molecule has 0 unspecified atom stereocenters. The third-order valence-corrected chi connectivity index (χ3v) is 4.15. The second-order valence-corrected chi connectivity index (χ2v) is 5.67. The van der Waals surface area contributed by atoms with Crippen molar-refractivity contribution in [3.05, 3.63) is 35.6 Å². The molecule has 18 heavy (non-hydrogen) atoms. The summed E-state index contributed by atoms with van der Waals surface area (Å²) >= 11 is 0. The molecular weight excluding hydrogens is 227 g/mol. The molecule has 0 amide bonds. The van der Waals surface area contributed by atoms with E-state index in [0.717, 1.165) is 26.1 Å². The van der Waals surface area contributed by atoms with E-state index in [1.807, 2.05) is 12.1 Å². The average Bonchev–Trinajstić information content (AvgIpc) is 2.33. The van der Waals surface area contributed by atoms with Gasteiger partial charge in [-0.05, 0) is 56.0 Å². The van der Waals surface area contributed by atoms with Gasteiger partial charge in [0.1, 0.15) is 5.82 Å². The molecule has 1 saturated carbocycles. The van der Waals surface area contributed by atoms with Crippen LogP contribution < -0.4 is 5.73 Å². The summed E-state index contributed by atoms with van der Waals surface area (Å²) in [5.74, 6) is -0.163. The van der Waals surface area contributed by atoms with Gasteiger partial charge >= 0.3 is 0 Å². The maximum absolute atomic E-state index is 12.8. The van der Waals surface area contributed by atoms with E-state index in [2.05, 4.69) is 11.9 Å². The van der Waals surface area contributed by atoms with Gasteiger partial charge in [-0.15, -0.1) is 0 Å². The molecule has 2 rings (SSSR count). The monoisotopic (exact) mass is 250 g/mol. The highest BCUT2D eigenvalue weighted by molar-refractivity contribution is 5.16. The van der Waals surface area contributed by atoms with E-state index in [4.69, 9.17) is 5.73 Å². The van der Waals surface area contributed by atoms with Gasteiger partial charge in [0, 0.05) is 13.1 Å². The van der Waals surface area contributed by atoms with Crippen LogP contribution in [0.2, 0.25) is 0 Å². The molecule has 2 N–H and O–H groups in total. The Bertz CT molecular complexity index is 365. The first-order chi connectivity index (χ1) is 8.63. The first kappa shape index (κ1) is 13.5. The Morgan fingerprint density at radius 2 is 1.94 bits per heavy atom. The molecule has 3 heteroatoms. The second-order valence-electron chi connectivity index (χ2n) is 5.67. The Hall–Kier alpha value is -0.930. The van der Waals surface area contributed by atoms with E-state index in [0.29, 0.717) is 5.41 Å². The molecule has 1 aliphatic rings. The number of nitrogens with zero attached hydrogens (tertiary/aromatic N) is 1. The molecule has 100 valence electrons. The highest BCUT2D eigenvalue weighted by atomic mass is 19.1. The molecule has 1 fully saturated rings. The van der Waals surface area contributed by atoms with E-state index in [1.165, 1.54) is 37.0 Å². The van der Waals surface area contributed by atoms with E-state index in [-0.39, 0.29) is 5.82 Å². The molecule has 0 heterocycles. The Balaban J connectivity index is 1.77. The maximum Gasteiger partial charge on any atom is 0.123 e. The van der Waals surface area contributed by atoms with Crippen molar-refractivity contribution < 1.29 is 4.39 Å². The van der Waals surface area contributed by atoms with Gasteiger partial charge in [-0.25, -0.2) is 4.39 Å². The SMILES string of the molecule is CN(CCc1ccc(F)cc1)CC1(CN)CCC1. The first-order valence-electron chi connectivity index (χ1n) is 6.77. The number of hydrogen-bond acceptors (Lipinski definition) is 2. The molecule has 0 bridgehead atoms. The van der Waals surface area contributed by atoms with Crippen LogP contribution in [0.25, 0.3) is 0 Å². The van der Waals surface area contributed by atoms with Crippen molar-refractivity contribution >= 4 is 0 Å². The zero-order chi connectivity index (χ0) is 13.0. The van der Waals surface area contributed by atoms with Gasteiger partial charge in [0.25, 0.3) is 0 Å². The summed E-state index contributed by atoms with van der Waals surface area (Å²) < 4.78 is 12.8. The fraction of sp³-hybridized carbons (Fsp3) is 0.600. The van der Waals surface area contributed by atoms with Crippen LogP contribution in [0, 0.1) is 11.2 Å². The molecule has 0 atom stereocenters. The summed E-state index contributed by atoms with van der Waals surface area (Å²) in [6.45, 7) is 2.89. The van der Waals surface area contributed by atoms with Crippen molar-refractivity contribution in [3.63, 3.8) is 0 Å². The van der Waals surface area contributed by atoms with E-state index < -0.39 is 0 Å². The summed E-state index contributed by atoms with van der Waals surface area (Å²) in [6.07, 6.45) is 4.83. The Morgan fingerprint density at radius 1 is 1.28 bits per heavy atom. The van der Waals surface area contributed by atoms with E-state index >= 15 is 0 Å². The molecule has 0 aliphatic heterocycles. The predicted molar refractivity (Wildman–Crippen MR) is 72.9 cm³/mol. The van der Waals surface area contributed by atoms with Crippen LogP contribution in [0.3, 0.4) is 0 Å². The molecule has 1 aromatic carbocycles. The van der Waals surface area contributed by atoms with Crippen LogP contribution in [-0.2, 0) is 6.42 Å². The highest BCUT2D eigenvalue weighted by Gasteiger charge is 2.36. The van der Waals surface area contributed by atoms with Crippen molar-refractivity contribution in [1.82, 2.24) is 4.90 Å². The molecule has 0 aromatic heterocycles. The number of rotatable bonds is 6. The zero-order valence-electron chi connectivity index (χ0n) is 11.2. The summed E-state index contributed by atoms with van der Waals surface area (Å²) in [7, 11) is 2.15. The van der Waals surface area contributed by atoms with Crippen molar-refractivity contribution in [3.8, 4) is 0 Å². The van der Waals surface area contributed by atoms with E-state index in [9.17, 15) is 4.39 Å². The first-order valence-corrected chi connectivity index (χ1v) is 6.77. The van der Waals surface area contributed by atoms with Gasteiger partial charge in [0.15, 0.2) is 0 Å². The fourth-order valence-electron chi connectivity index (χ4n) is 2.73.